The smallest absolute Gasteiger partial charge is 0.475 e. The molecule has 28 nitrogen and oxygen atoms in total. The van der Waals surface area contributed by atoms with E-state index in [0.717, 1.165) is 5.56 Å². The van der Waals surface area contributed by atoms with E-state index in [0.29, 0.717) is 128 Å². The Balaban J connectivity index is 1.34. The zero-order valence-electron chi connectivity index (χ0n) is 47.8. The summed E-state index contributed by atoms with van der Waals surface area (Å²) >= 11 is 0. The number of carbonyl (C=O) groups is 10. The summed E-state index contributed by atoms with van der Waals surface area (Å²) in [6.07, 6.45) is 5.29. The topological polar surface area (TPSA) is 399 Å². The lowest BCUT2D eigenvalue weighted by atomic mass is 9.78. The van der Waals surface area contributed by atoms with Gasteiger partial charge in [0.05, 0.1) is 25.6 Å². The molecule has 2 fully saturated rings. The Bertz CT molecular complexity index is 2250. The third kappa shape index (κ3) is 28.2. The average Bonchev–Trinajstić information content (AvgIpc) is 4.03. The number of guanidine groups is 1. The van der Waals surface area contributed by atoms with Crippen LogP contribution in [0.1, 0.15) is 119 Å². The van der Waals surface area contributed by atoms with Crippen LogP contribution in [0.2, 0.25) is 0 Å². The Kier molecular flexibility index (Phi) is 32.1. The van der Waals surface area contributed by atoms with Crippen molar-refractivity contribution >= 4 is 72.3 Å². The van der Waals surface area contributed by atoms with Gasteiger partial charge in [0.15, 0.2) is 5.96 Å². The molecule has 82 heavy (non-hydrogen) atoms. The lowest BCUT2D eigenvalue weighted by Gasteiger charge is -2.27. The van der Waals surface area contributed by atoms with E-state index in [-0.39, 0.29) is 89.1 Å². The number of aliphatic imine (C=N–C) groups is 1. The van der Waals surface area contributed by atoms with Crippen LogP contribution in [-0.2, 0) is 49.7 Å². The number of nitrogens with two attached hydrogens (primary N) is 1. The number of nitrogens with one attached hydrogen (secondary N) is 6. The molecule has 0 unspecified atom stereocenters. The molecule has 0 radical (unpaired) electrons. The molecule has 4 atom stereocenters. The first kappa shape index (κ1) is 69.3. The van der Waals surface area contributed by atoms with E-state index < -0.39 is 72.7 Å². The van der Waals surface area contributed by atoms with Crippen molar-refractivity contribution in [1.82, 2.24) is 56.4 Å². The van der Waals surface area contributed by atoms with Gasteiger partial charge < -0.3 is 72.8 Å². The number of carbonyl (C=O) groups excluding carboxylic acids is 7. The molecule has 2 aliphatic heterocycles. The minimum absolute atomic E-state index is 0.0139. The van der Waals surface area contributed by atoms with Crippen LogP contribution in [0.15, 0.2) is 29.3 Å². The summed E-state index contributed by atoms with van der Waals surface area (Å²) in [7, 11) is 1.84. The summed E-state index contributed by atoms with van der Waals surface area (Å²) in [5, 5.41) is 64.0. The number of carboxylic acids is 3. The standard InChI is InChI=1S/C53H88BN13O15/c1-37(51(78)67-26-12-15-42(67)54(81)82)60-49(76)39-21-19-38(20-22-39)33-59-43(68)16-8-10-24-57-50(77)40(14-11-25-58-53(55)63(2)3)61-44(69)17-5-4-6-18-45(70)62-41(52(79)80)13-7-9-23-56-46(71)34-64-27-29-65(35-47(72)73)31-32-66(30-28-64)36-48(74)75/h19-22,37,40-42,81-82H,4-18,23-36H2,1-3H3,(H2,55,58)(H,56,71)(H,57,77)(H,59,68)(H,60,76)(H,61,69)(H,62,70)(H,72,73)(H,74,75)(H,79,80)/t37-,40+,41+,42+/m1/s1. The Labute approximate surface area is 479 Å². The lowest BCUT2D eigenvalue weighted by molar-refractivity contribution is -0.142. The third-order valence-corrected chi connectivity index (χ3v) is 14.0. The fourth-order valence-electron chi connectivity index (χ4n) is 9.21. The third-order valence-electron chi connectivity index (χ3n) is 14.0. The molecule has 0 aromatic heterocycles. The number of nitrogens with zero attached hydrogens (tertiary/aromatic N) is 6. The van der Waals surface area contributed by atoms with Gasteiger partial charge in [-0.3, -0.25) is 62.8 Å². The van der Waals surface area contributed by atoms with Crippen molar-refractivity contribution in [3.63, 3.8) is 0 Å². The Morgan fingerprint density at radius 3 is 1.72 bits per heavy atom. The Hall–Kier alpha value is -6.95. The molecule has 0 aliphatic carbocycles. The molecular weight excluding hydrogens is 1070 g/mol. The highest BCUT2D eigenvalue weighted by molar-refractivity contribution is 6.43. The maximum atomic E-state index is 13.3. The molecule has 13 N–H and O–H groups in total. The van der Waals surface area contributed by atoms with Crippen LogP contribution in [0.4, 0.5) is 0 Å². The zero-order chi connectivity index (χ0) is 60.6. The molecule has 0 bridgehead atoms. The highest BCUT2D eigenvalue weighted by Gasteiger charge is 2.38. The van der Waals surface area contributed by atoms with Crippen LogP contribution in [0.3, 0.4) is 0 Å². The molecule has 0 saturated carbocycles. The zero-order valence-corrected chi connectivity index (χ0v) is 47.8. The minimum Gasteiger partial charge on any atom is -0.480 e. The predicted molar refractivity (Wildman–Crippen MR) is 302 cm³/mol. The van der Waals surface area contributed by atoms with E-state index in [4.69, 9.17) is 5.73 Å². The molecule has 29 heteroatoms. The van der Waals surface area contributed by atoms with Gasteiger partial charge in [-0.05, 0) is 95.2 Å². The SMILES string of the molecule is C[C@@H](NC(=O)c1ccc(CNC(=O)CCCCNC(=O)[C@H](CCCN=C(N)N(C)C)NC(=O)CCCCCC(=O)N[C@@H](CCCCNC(=O)CN2CCN(CC(=O)O)CCN(CC(=O)O)CC2)C(=O)O)cc1)C(=O)N1CCC[C@H]1B(O)O. The first-order valence-corrected chi connectivity index (χ1v) is 28.3. The van der Waals surface area contributed by atoms with Gasteiger partial charge in [0.2, 0.25) is 35.4 Å². The normalized spacial score (nSPS) is 16.5. The molecular formula is C53H88BN13O15. The van der Waals surface area contributed by atoms with E-state index >= 15 is 0 Å². The second kappa shape index (κ2) is 37.9. The van der Waals surface area contributed by atoms with Gasteiger partial charge in [-0.1, -0.05) is 18.6 Å². The van der Waals surface area contributed by atoms with Crippen LogP contribution in [0.25, 0.3) is 0 Å². The van der Waals surface area contributed by atoms with Crippen molar-refractivity contribution in [2.45, 2.75) is 134 Å². The molecule has 7 amide bonds. The van der Waals surface area contributed by atoms with Crippen molar-refractivity contribution in [2.24, 2.45) is 10.7 Å². The van der Waals surface area contributed by atoms with Crippen LogP contribution in [0.5, 0.6) is 0 Å². The van der Waals surface area contributed by atoms with Crippen molar-refractivity contribution in [3.05, 3.63) is 35.4 Å². The molecule has 2 aliphatic rings. The summed E-state index contributed by atoms with van der Waals surface area (Å²) in [5.74, 6) is -6.20. The van der Waals surface area contributed by atoms with E-state index in [1.54, 1.807) is 53.1 Å². The highest BCUT2D eigenvalue weighted by atomic mass is 16.4. The van der Waals surface area contributed by atoms with E-state index in [2.05, 4.69) is 36.9 Å². The van der Waals surface area contributed by atoms with Crippen LogP contribution in [0, 0.1) is 0 Å². The number of hydrogen-bond acceptors (Lipinski definition) is 16. The highest BCUT2D eigenvalue weighted by Crippen LogP contribution is 2.19. The van der Waals surface area contributed by atoms with Crippen LogP contribution in [-0.4, -0.2) is 245 Å². The Morgan fingerprint density at radius 1 is 0.634 bits per heavy atom. The molecule has 1 aromatic carbocycles. The van der Waals surface area contributed by atoms with Gasteiger partial charge in [0.25, 0.3) is 5.91 Å². The summed E-state index contributed by atoms with van der Waals surface area (Å²) in [5.41, 5.74) is 6.95. The number of likely N-dealkylation sites (tertiary alicyclic amines) is 1. The van der Waals surface area contributed by atoms with Gasteiger partial charge in [0, 0.05) is 111 Å². The fraction of sp³-hybridized carbons (Fsp3) is 0.679. The largest absolute Gasteiger partial charge is 0.480 e. The second-order valence-corrected chi connectivity index (χ2v) is 20.9. The minimum atomic E-state index is -1.66. The molecule has 458 valence electrons. The van der Waals surface area contributed by atoms with E-state index in [9.17, 15) is 73.3 Å². The number of carboxylic acid groups (broad SMARTS) is 3. The number of benzene rings is 1. The first-order valence-electron chi connectivity index (χ1n) is 28.3. The van der Waals surface area contributed by atoms with Crippen LogP contribution < -0.4 is 37.6 Å². The molecule has 2 saturated heterocycles. The van der Waals surface area contributed by atoms with Gasteiger partial charge >= 0.3 is 25.0 Å². The second-order valence-electron chi connectivity index (χ2n) is 20.9. The van der Waals surface area contributed by atoms with E-state index in [1.807, 2.05) is 4.90 Å². The number of amides is 7. The van der Waals surface area contributed by atoms with Crippen molar-refractivity contribution in [3.8, 4) is 0 Å². The lowest BCUT2D eigenvalue weighted by Crippen LogP contribution is -2.52. The Morgan fingerprint density at radius 2 is 1.16 bits per heavy atom. The number of unbranched alkanes of at least 4 members (excludes halogenated alkanes) is 4. The van der Waals surface area contributed by atoms with Crippen LogP contribution >= 0.6 is 0 Å². The monoisotopic (exact) mass is 1160 g/mol. The summed E-state index contributed by atoms with van der Waals surface area (Å²) in [6.45, 7) is 4.89. The molecule has 2 heterocycles. The molecule has 3 rings (SSSR count). The van der Waals surface area contributed by atoms with Gasteiger partial charge in [-0.15, -0.1) is 0 Å². The maximum absolute atomic E-state index is 13.3. The molecule has 0 spiro atoms. The average molecular weight is 1160 g/mol. The van der Waals surface area contributed by atoms with Gasteiger partial charge in [-0.2, -0.15) is 0 Å². The van der Waals surface area contributed by atoms with Crippen molar-refractivity contribution < 1.29 is 73.3 Å². The summed E-state index contributed by atoms with van der Waals surface area (Å²) < 4.78 is 0. The quantitative estimate of drug-likeness (QED) is 0.0146. The number of aliphatic carboxylic acids is 3. The number of hydrogen-bond donors (Lipinski definition) is 12. The summed E-state index contributed by atoms with van der Waals surface area (Å²) in [6, 6.07) is 3.64. The molecule has 1 aromatic rings. The van der Waals surface area contributed by atoms with Gasteiger partial charge in [0.1, 0.15) is 18.1 Å². The number of rotatable bonds is 36. The first-order chi connectivity index (χ1) is 39.0. The van der Waals surface area contributed by atoms with Crippen molar-refractivity contribution in [2.75, 3.05) is 99.2 Å². The van der Waals surface area contributed by atoms with Crippen molar-refractivity contribution in [1.29, 1.82) is 0 Å². The summed E-state index contributed by atoms with van der Waals surface area (Å²) in [4.78, 5) is 137. The fourth-order valence-corrected chi connectivity index (χ4v) is 9.21. The van der Waals surface area contributed by atoms with Gasteiger partial charge in [-0.25, -0.2) is 4.79 Å². The predicted octanol–water partition coefficient (Wildman–Crippen LogP) is -2.25. The maximum Gasteiger partial charge on any atom is 0.475 e. The van der Waals surface area contributed by atoms with E-state index in [1.165, 1.54) is 11.8 Å².